The zero-order chi connectivity index (χ0) is 17.1. The molecule has 0 aliphatic carbocycles. The van der Waals surface area contributed by atoms with Gasteiger partial charge in [-0.15, -0.1) is 0 Å². The molecule has 1 aromatic heterocycles. The molecule has 24 heavy (non-hydrogen) atoms. The fourth-order valence-corrected chi connectivity index (χ4v) is 2.64. The molecule has 0 unspecified atom stereocenters. The summed E-state index contributed by atoms with van der Waals surface area (Å²) in [5, 5.41) is 9.69. The minimum atomic E-state index is -0.161. The molecular formula is C18H20N4O2. The van der Waals surface area contributed by atoms with Crippen LogP contribution in [0.4, 0.5) is 11.5 Å². The monoisotopic (exact) mass is 324 g/mol. The zero-order valence-corrected chi connectivity index (χ0v) is 13.8. The summed E-state index contributed by atoms with van der Waals surface area (Å²) in [6, 6.07) is 6.70. The number of phenolic OH excluding ortho intramolecular Hbond substituents is 1. The number of fused-ring (bicyclic) bond motifs is 1. The van der Waals surface area contributed by atoms with Gasteiger partial charge in [0.05, 0.1) is 0 Å². The first-order valence-corrected chi connectivity index (χ1v) is 7.95. The second-order valence-corrected chi connectivity index (χ2v) is 5.67. The van der Waals surface area contributed by atoms with E-state index in [0.717, 1.165) is 6.42 Å². The SMILES string of the molecule is CC/C=C/c1ncc2c(n1)N(C)CCN(c1cccc(O)c1)C2=O. The average molecular weight is 324 g/mol. The van der Waals surface area contributed by atoms with E-state index < -0.39 is 0 Å². The number of carbonyl (C=O) groups excluding carboxylic acids is 1. The standard InChI is InChI=1S/C18H20N4O2/c1-3-4-8-16-19-12-15-17(20-16)21(2)9-10-22(18(15)24)13-6-5-7-14(23)11-13/h4-8,11-12,23H,3,9-10H2,1-2H3/b8-4+. The van der Waals surface area contributed by atoms with Crippen molar-refractivity contribution in [3.8, 4) is 5.75 Å². The molecule has 2 aromatic rings. The third-order valence-electron chi connectivity index (χ3n) is 3.93. The number of hydrogen-bond donors (Lipinski definition) is 1. The first-order chi connectivity index (χ1) is 11.6. The number of anilines is 2. The van der Waals surface area contributed by atoms with Gasteiger partial charge in [-0.1, -0.05) is 19.1 Å². The van der Waals surface area contributed by atoms with Crippen molar-refractivity contribution >= 4 is 23.5 Å². The van der Waals surface area contributed by atoms with Gasteiger partial charge in [0.25, 0.3) is 5.91 Å². The summed E-state index contributed by atoms with van der Waals surface area (Å²) < 4.78 is 0. The van der Waals surface area contributed by atoms with E-state index in [1.807, 2.05) is 37.1 Å². The van der Waals surface area contributed by atoms with Crippen molar-refractivity contribution in [2.45, 2.75) is 13.3 Å². The summed E-state index contributed by atoms with van der Waals surface area (Å²) in [5.41, 5.74) is 1.13. The fraction of sp³-hybridized carbons (Fsp3) is 0.278. The number of aromatic nitrogens is 2. The highest BCUT2D eigenvalue weighted by Gasteiger charge is 2.27. The summed E-state index contributed by atoms with van der Waals surface area (Å²) in [5.74, 6) is 1.20. The van der Waals surface area contributed by atoms with Crippen molar-refractivity contribution in [1.82, 2.24) is 9.97 Å². The summed E-state index contributed by atoms with van der Waals surface area (Å²) in [7, 11) is 1.92. The lowest BCUT2D eigenvalue weighted by Crippen LogP contribution is -2.33. The van der Waals surface area contributed by atoms with Gasteiger partial charge in [0.2, 0.25) is 0 Å². The summed E-state index contributed by atoms with van der Waals surface area (Å²) in [6.07, 6.45) is 6.33. The van der Waals surface area contributed by atoms with Crippen LogP contribution in [0.3, 0.4) is 0 Å². The smallest absolute Gasteiger partial charge is 0.263 e. The fourth-order valence-electron chi connectivity index (χ4n) is 2.64. The van der Waals surface area contributed by atoms with Gasteiger partial charge in [0.15, 0.2) is 5.82 Å². The van der Waals surface area contributed by atoms with Crippen LogP contribution < -0.4 is 9.80 Å². The summed E-state index contributed by atoms with van der Waals surface area (Å²) in [4.78, 5) is 25.3. The normalized spacial score (nSPS) is 14.8. The maximum Gasteiger partial charge on any atom is 0.263 e. The third-order valence-corrected chi connectivity index (χ3v) is 3.93. The van der Waals surface area contributed by atoms with Crippen LogP contribution in [0.15, 0.2) is 36.5 Å². The number of carbonyl (C=O) groups is 1. The molecule has 1 aliphatic rings. The van der Waals surface area contributed by atoms with Crippen LogP contribution in [0.1, 0.15) is 29.5 Å². The Morgan fingerprint density at radius 2 is 2.17 bits per heavy atom. The van der Waals surface area contributed by atoms with Crippen LogP contribution in [0.2, 0.25) is 0 Å². The number of aromatic hydroxyl groups is 1. The second-order valence-electron chi connectivity index (χ2n) is 5.67. The Hall–Kier alpha value is -2.89. The molecule has 3 rings (SSSR count). The predicted molar refractivity (Wildman–Crippen MR) is 94.4 cm³/mol. The molecule has 0 saturated heterocycles. The van der Waals surface area contributed by atoms with E-state index in [1.165, 1.54) is 0 Å². The van der Waals surface area contributed by atoms with E-state index in [4.69, 9.17) is 0 Å². The van der Waals surface area contributed by atoms with E-state index in [-0.39, 0.29) is 11.7 Å². The van der Waals surface area contributed by atoms with Crippen LogP contribution >= 0.6 is 0 Å². The number of rotatable bonds is 3. The lowest BCUT2D eigenvalue weighted by atomic mass is 10.2. The van der Waals surface area contributed by atoms with Crippen molar-refractivity contribution in [2.75, 3.05) is 29.9 Å². The van der Waals surface area contributed by atoms with Gasteiger partial charge in [-0.2, -0.15) is 0 Å². The number of allylic oxidation sites excluding steroid dienone is 1. The topological polar surface area (TPSA) is 69.6 Å². The number of benzene rings is 1. The molecule has 0 saturated carbocycles. The largest absolute Gasteiger partial charge is 0.508 e. The van der Waals surface area contributed by atoms with E-state index in [2.05, 4.69) is 9.97 Å². The Kier molecular flexibility index (Phi) is 4.46. The molecule has 1 N–H and O–H groups in total. The number of phenols is 1. The second kappa shape index (κ2) is 6.70. The molecule has 0 atom stereocenters. The van der Waals surface area contributed by atoms with Crippen LogP contribution in [0, 0.1) is 0 Å². The zero-order valence-electron chi connectivity index (χ0n) is 13.8. The van der Waals surface area contributed by atoms with Crippen LogP contribution in [-0.2, 0) is 0 Å². The lowest BCUT2D eigenvalue weighted by molar-refractivity contribution is 0.0989. The van der Waals surface area contributed by atoms with Crippen molar-refractivity contribution in [3.05, 3.63) is 47.9 Å². The molecule has 124 valence electrons. The van der Waals surface area contributed by atoms with Crippen LogP contribution in [-0.4, -0.2) is 41.1 Å². The van der Waals surface area contributed by atoms with Crippen molar-refractivity contribution < 1.29 is 9.90 Å². The predicted octanol–water partition coefficient (Wildman–Crippen LogP) is 2.70. The Bertz CT molecular complexity index is 788. The highest BCUT2D eigenvalue weighted by Crippen LogP contribution is 2.27. The minimum Gasteiger partial charge on any atom is -0.508 e. The molecular weight excluding hydrogens is 304 g/mol. The van der Waals surface area contributed by atoms with Gasteiger partial charge in [-0.05, 0) is 24.6 Å². The van der Waals surface area contributed by atoms with Crippen molar-refractivity contribution in [1.29, 1.82) is 0 Å². The quantitative estimate of drug-likeness (QED) is 0.940. The van der Waals surface area contributed by atoms with Crippen molar-refractivity contribution in [2.24, 2.45) is 0 Å². The Labute approximate surface area is 141 Å². The van der Waals surface area contributed by atoms with Crippen LogP contribution in [0.25, 0.3) is 6.08 Å². The first kappa shape index (κ1) is 16.0. The van der Waals surface area contributed by atoms with Crippen molar-refractivity contribution in [3.63, 3.8) is 0 Å². The van der Waals surface area contributed by atoms with Gasteiger partial charge >= 0.3 is 0 Å². The van der Waals surface area contributed by atoms with E-state index >= 15 is 0 Å². The van der Waals surface area contributed by atoms with Gasteiger partial charge in [-0.3, -0.25) is 4.79 Å². The van der Waals surface area contributed by atoms with Crippen LogP contribution in [0.5, 0.6) is 5.75 Å². The summed E-state index contributed by atoms with van der Waals surface area (Å²) in [6.45, 7) is 3.19. The molecule has 0 spiro atoms. The van der Waals surface area contributed by atoms with Gasteiger partial charge in [-0.25, -0.2) is 9.97 Å². The molecule has 0 radical (unpaired) electrons. The highest BCUT2D eigenvalue weighted by atomic mass is 16.3. The minimum absolute atomic E-state index is 0.134. The average Bonchev–Trinajstić information content (AvgIpc) is 2.70. The number of hydrogen-bond acceptors (Lipinski definition) is 5. The highest BCUT2D eigenvalue weighted by molar-refractivity contribution is 6.09. The first-order valence-electron chi connectivity index (χ1n) is 7.95. The summed E-state index contributed by atoms with van der Waals surface area (Å²) >= 11 is 0. The number of likely N-dealkylation sites (N-methyl/N-ethyl adjacent to an activating group) is 1. The molecule has 1 aromatic carbocycles. The van der Waals surface area contributed by atoms with E-state index in [1.54, 1.807) is 29.3 Å². The molecule has 2 heterocycles. The lowest BCUT2D eigenvalue weighted by Gasteiger charge is -2.21. The third kappa shape index (κ3) is 3.08. The van der Waals surface area contributed by atoms with E-state index in [0.29, 0.717) is 36.0 Å². The van der Waals surface area contributed by atoms with Gasteiger partial charge in [0.1, 0.15) is 17.1 Å². The molecule has 1 amide bonds. The Morgan fingerprint density at radius 3 is 2.92 bits per heavy atom. The Morgan fingerprint density at radius 1 is 1.33 bits per heavy atom. The molecule has 6 nitrogen and oxygen atoms in total. The molecule has 0 fully saturated rings. The van der Waals surface area contributed by atoms with Gasteiger partial charge in [0, 0.05) is 38.1 Å². The number of amides is 1. The molecule has 1 aliphatic heterocycles. The maximum absolute atomic E-state index is 12.9. The molecule has 0 bridgehead atoms. The van der Waals surface area contributed by atoms with Gasteiger partial charge < -0.3 is 14.9 Å². The maximum atomic E-state index is 12.9. The van der Waals surface area contributed by atoms with E-state index in [9.17, 15) is 9.90 Å². The number of nitrogens with zero attached hydrogens (tertiary/aromatic N) is 4. The Balaban J connectivity index is 2.01. The molecule has 6 heteroatoms.